The molecule has 1 aliphatic rings. The van der Waals surface area contributed by atoms with Crippen LogP contribution >= 0.6 is 0 Å². The molecule has 32 heavy (non-hydrogen) atoms. The van der Waals surface area contributed by atoms with Gasteiger partial charge in [0, 0.05) is 24.8 Å². The summed E-state index contributed by atoms with van der Waals surface area (Å²) in [4.78, 5) is 19.5. The summed E-state index contributed by atoms with van der Waals surface area (Å²) in [6.07, 6.45) is 6.85. The van der Waals surface area contributed by atoms with Crippen molar-refractivity contribution in [3.05, 3.63) is 47.4 Å². The van der Waals surface area contributed by atoms with Crippen molar-refractivity contribution in [2.75, 3.05) is 26.0 Å². The summed E-state index contributed by atoms with van der Waals surface area (Å²) >= 11 is 0. The van der Waals surface area contributed by atoms with Crippen LogP contribution in [0.4, 0.5) is 14.6 Å². The maximum atomic E-state index is 14.3. The lowest BCUT2D eigenvalue weighted by Gasteiger charge is -2.30. The van der Waals surface area contributed by atoms with Crippen LogP contribution in [0.1, 0.15) is 51.2 Å². The third kappa shape index (κ3) is 5.92. The van der Waals surface area contributed by atoms with E-state index in [1.165, 1.54) is 6.07 Å². The summed E-state index contributed by atoms with van der Waals surface area (Å²) in [6, 6.07) is 1.90. The Labute approximate surface area is 189 Å². The number of anilines is 1. The van der Waals surface area contributed by atoms with Crippen molar-refractivity contribution < 1.29 is 13.6 Å². The largest absolute Gasteiger partial charge is 0.328 e. The van der Waals surface area contributed by atoms with Crippen molar-refractivity contribution in [1.29, 1.82) is 0 Å². The van der Waals surface area contributed by atoms with Gasteiger partial charge in [-0.15, -0.1) is 0 Å². The minimum atomic E-state index is -0.538. The number of nitrogens with one attached hydrogen (secondary N) is 2. The smallest absolute Gasteiger partial charge is 0.242 e. The van der Waals surface area contributed by atoms with Crippen molar-refractivity contribution >= 4 is 11.7 Å². The predicted molar refractivity (Wildman–Crippen MR) is 123 cm³/mol. The van der Waals surface area contributed by atoms with E-state index >= 15 is 0 Å². The van der Waals surface area contributed by atoms with Crippen LogP contribution in [-0.4, -0.2) is 53.1 Å². The Morgan fingerprint density at radius 2 is 2.09 bits per heavy atom. The molecule has 1 aromatic carbocycles. The number of fused-ring (bicyclic) bond motifs is 1. The number of nitrogens with zero attached hydrogens (tertiary/aromatic N) is 3. The highest BCUT2D eigenvalue weighted by Crippen LogP contribution is 2.26. The number of hydrogen-bond acceptors (Lipinski definition) is 4. The van der Waals surface area contributed by atoms with Gasteiger partial charge in [-0.05, 0) is 70.8 Å². The van der Waals surface area contributed by atoms with Crippen molar-refractivity contribution in [3.8, 4) is 0 Å². The maximum Gasteiger partial charge on any atom is 0.242 e. The lowest BCUT2D eigenvalue weighted by atomic mass is 9.87. The summed E-state index contributed by atoms with van der Waals surface area (Å²) in [5, 5.41) is 6.34. The van der Waals surface area contributed by atoms with Crippen LogP contribution in [0.3, 0.4) is 0 Å². The number of carbonyl (C=O) groups is 1. The highest BCUT2D eigenvalue weighted by Gasteiger charge is 2.28. The van der Waals surface area contributed by atoms with Crippen LogP contribution in [0.25, 0.3) is 0 Å². The van der Waals surface area contributed by atoms with Crippen LogP contribution in [-0.2, 0) is 23.2 Å². The Bertz CT molecular complexity index is 940. The summed E-state index contributed by atoms with van der Waals surface area (Å²) in [6.45, 7) is 7.10. The molecule has 3 rings (SSSR count). The van der Waals surface area contributed by atoms with Gasteiger partial charge >= 0.3 is 0 Å². The molecule has 0 radical (unpaired) electrons. The average molecular weight is 448 g/mol. The fraction of sp³-hybridized carbons (Fsp3) is 0.583. The number of halogens is 2. The summed E-state index contributed by atoms with van der Waals surface area (Å²) in [7, 11) is 4.04. The van der Waals surface area contributed by atoms with E-state index in [0.29, 0.717) is 30.6 Å². The number of benzene rings is 1. The molecule has 1 amide bonds. The van der Waals surface area contributed by atoms with Gasteiger partial charge in [-0.25, -0.2) is 13.8 Å². The highest BCUT2D eigenvalue weighted by molar-refractivity contribution is 5.94. The van der Waals surface area contributed by atoms with E-state index in [4.69, 9.17) is 0 Å². The molecular formula is C24H35F2N5O. The minimum absolute atomic E-state index is 0.0404. The number of hydrogen-bond donors (Lipinski definition) is 2. The molecule has 2 atom stereocenters. The van der Waals surface area contributed by atoms with Crippen molar-refractivity contribution in [1.82, 2.24) is 19.8 Å². The molecule has 0 unspecified atom stereocenters. The Balaban J connectivity index is 1.65. The molecule has 1 aliphatic carbocycles. The zero-order valence-corrected chi connectivity index (χ0v) is 19.7. The zero-order chi connectivity index (χ0) is 23.5. The van der Waals surface area contributed by atoms with Gasteiger partial charge < -0.3 is 20.1 Å². The molecule has 0 saturated carbocycles. The third-order valence-corrected chi connectivity index (χ3v) is 6.03. The van der Waals surface area contributed by atoms with Gasteiger partial charge in [-0.1, -0.05) is 13.3 Å². The molecule has 176 valence electrons. The molecule has 1 heterocycles. The Morgan fingerprint density at radius 1 is 1.34 bits per heavy atom. The van der Waals surface area contributed by atoms with Gasteiger partial charge in [-0.3, -0.25) is 4.79 Å². The molecule has 0 aliphatic heterocycles. The molecule has 0 fully saturated rings. The van der Waals surface area contributed by atoms with Gasteiger partial charge in [0.05, 0.1) is 17.9 Å². The lowest BCUT2D eigenvalue weighted by Crippen LogP contribution is -2.48. The van der Waals surface area contributed by atoms with Crippen LogP contribution in [0.2, 0.25) is 0 Å². The van der Waals surface area contributed by atoms with E-state index in [1.54, 1.807) is 6.33 Å². The van der Waals surface area contributed by atoms with Gasteiger partial charge in [0.1, 0.15) is 11.6 Å². The van der Waals surface area contributed by atoms with E-state index in [1.807, 2.05) is 31.8 Å². The Kier molecular flexibility index (Phi) is 7.67. The second kappa shape index (κ2) is 10.1. The minimum Gasteiger partial charge on any atom is -0.328 e. The second-order valence-electron chi connectivity index (χ2n) is 9.68. The van der Waals surface area contributed by atoms with Gasteiger partial charge in [0.2, 0.25) is 5.91 Å². The first-order valence-electron chi connectivity index (χ1n) is 11.3. The fourth-order valence-corrected chi connectivity index (χ4v) is 4.58. The summed E-state index contributed by atoms with van der Waals surface area (Å²) in [5.41, 5.74) is 1.11. The normalized spacial score (nSPS) is 17.3. The van der Waals surface area contributed by atoms with Crippen LogP contribution in [0.15, 0.2) is 24.7 Å². The van der Waals surface area contributed by atoms with E-state index in [0.717, 1.165) is 31.0 Å². The van der Waals surface area contributed by atoms with Crippen LogP contribution in [0, 0.1) is 11.6 Å². The quantitative estimate of drug-likeness (QED) is 0.615. The van der Waals surface area contributed by atoms with Crippen molar-refractivity contribution in [3.63, 3.8) is 0 Å². The van der Waals surface area contributed by atoms with Crippen LogP contribution in [0.5, 0.6) is 0 Å². The monoisotopic (exact) mass is 447 g/mol. The average Bonchev–Trinajstić information content (AvgIpc) is 3.16. The van der Waals surface area contributed by atoms with Crippen molar-refractivity contribution in [2.24, 2.45) is 0 Å². The fourth-order valence-electron chi connectivity index (χ4n) is 4.58. The number of amides is 1. The van der Waals surface area contributed by atoms with Gasteiger partial charge in [-0.2, -0.15) is 0 Å². The topological polar surface area (TPSA) is 62.2 Å². The van der Waals surface area contributed by atoms with Crippen molar-refractivity contribution in [2.45, 2.75) is 70.5 Å². The maximum absolute atomic E-state index is 14.3. The number of likely N-dealkylation sites (N-methyl/N-ethyl adjacent to an activating group) is 1. The number of imidazole rings is 1. The molecule has 2 aromatic rings. The molecule has 0 spiro atoms. The molecule has 8 heteroatoms. The van der Waals surface area contributed by atoms with E-state index in [2.05, 4.69) is 34.4 Å². The molecule has 6 nitrogen and oxygen atoms in total. The first-order chi connectivity index (χ1) is 15.1. The number of carbonyl (C=O) groups excluding carboxylic acids is 1. The molecule has 2 N–H and O–H groups in total. The SMILES string of the molecule is CCC[C@H](N[C@H]1CCc2cc(F)cc(F)c2C1)C(=O)Nc1cn(C(C)(C)CN(C)C)cn1. The lowest BCUT2D eigenvalue weighted by molar-refractivity contribution is -0.118. The molecule has 1 aromatic heterocycles. The number of rotatable bonds is 9. The van der Waals surface area contributed by atoms with Crippen LogP contribution < -0.4 is 10.6 Å². The first kappa shape index (κ1) is 24.3. The Hall–Kier alpha value is -2.32. The van der Waals surface area contributed by atoms with Gasteiger partial charge in [0.15, 0.2) is 5.82 Å². The highest BCUT2D eigenvalue weighted by atomic mass is 19.1. The standard InChI is InChI=1S/C24H35F2N5O/c1-6-7-21(28-18-9-8-16-10-17(25)11-20(26)19(16)12-18)23(32)29-22-13-31(15-27-22)24(2,3)14-30(4)5/h10-11,13,15,18,21,28H,6-9,12,14H2,1-5H3,(H,29,32)/t18-,21-/m0/s1. The predicted octanol–water partition coefficient (Wildman–Crippen LogP) is 3.71. The number of aromatic nitrogens is 2. The third-order valence-electron chi connectivity index (χ3n) is 6.03. The van der Waals surface area contributed by atoms with Gasteiger partial charge in [0.25, 0.3) is 0 Å². The molecule has 0 bridgehead atoms. The van der Waals surface area contributed by atoms with E-state index in [-0.39, 0.29) is 17.5 Å². The molecule has 0 saturated heterocycles. The number of aryl methyl sites for hydroxylation is 1. The van der Waals surface area contributed by atoms with E-state index in [9.17, 15) is 13.6 Å². The first-order valence-corrected chi connectivity index (χ1v) is 11.3. The Morgan fingerprint density at radius 3 is 2.78 bits per heavy atom. The molecular weight excluding hydrogens is 412 g/mol. The summed E-state index contributed by atoms with van der Waals surface area (Å²) in [5.74, 6) is -0.675. The zero-order valence-electron chi connectivity index (χ0n) is 19.7. The summed E-state index contributed by atoms with van der Waals surface area (Å²) < 4.78 is 29.8. The van der Waals surface area contributed by atoms with E-state index < -0.39 is 17.7 Å². The second-order valence-corrected chi connectivity index (χ2v) is 9.68.